The predicted octanol–water partition coefficient (Wildman–Crippen LogP) is 2.37. The highest BCUT2D eigenvalue weighted by atomic mass is 32.1. The molecule has 1 aromatic rings. The summed E-state index contributed by atoms with van der Waals surface area (Å²) >= 11 is 1.27. The van der Waals surface area contributed by atoms with Crippen LogP contribution in [0.15, 0.2) is 11.6 Å². The number of rotatable bonds is 3. The van der Waals surface area contributed by atoms with Gasteiger partial charge in [-0.1, -0.05) is 20.8 Å². The van der Waals surface area contributed by atoms with Crippen molar-refractivity contribution >= 4 is 22.7 Å². The third-order valence-electron chi connectivity index (χ3n) is 2.04. The molecule has 0 aliphatic rings. The fourth-order valence-corrected chi connectivity index (χ4v) is 1.95. The second-order valence-corrected chi connectivity index (χ2v) is 5.95. The number of Topliss-reactive ketones (excluding diaryl/α,β-unsaturated/α-hetero) is 1. The van der Waals surface area contributed by atoms with Gasteiger partial charge < -0.3 is 10.0 Å². The van der Waals surface area contributed by atoms with Crippen molar-refractivity contribution in [3.05, 3.63) is 16.6 Å². The first-order chi connectivity index (χ1) is 7.71. The number of thiazole rings is 1. The van der Waals surface area contributed by atoms with Crippen LogP contribution in [-0.2, 0) is 4.79 Å². The Hall–Kier alpha value is -1.36. The highest BCUT2D eigenvalue weighted by Gasteiger charge is 2.27. The van der Waals surface area contributed by atoms with Gasteiger partial charge in [0.15, 0.2) is 5.78 Å². The summed E-state index contributed by atoms with van der Waals surface area (Å²) in [5.41, 5.74) is 0.0659. The molecule has 0 atom stereocenters. The maximum atomic E-state index is 12.3. The van der Waals surface area contributed by atoms with Crippen molar-refractivity contribution in [3.8, 4) is 5.88 Å². The Bertz CT molecular complexity index is 442. The maximum absolute atomic E-state index is 12.3. The van der Waals surface area contributed by atoms with Gasteiger partial charge in [0.2, 0.25) is 5.88 Å². The lowest BCUT2D eigenvalue weighted by atomic mass is 9.86. The average Bonchev–Trinajstić information content (AvgIpc) is 2.58. The van der Waals surface area contributed by atoms with Crippen molar-refractivity contribution < 1.29 is 9.90 Å². The number of allylic oxidation sites excluding steroid dienone is 1. The number of hydrogen-bond donors (Lipinski definition) is 1. The highest BCUT2D eigenvalue weighted by Crippen LogP contribution is 2.30. The SMILES string of the molecule is CN(C)/C=C(/C(=O)C(C)(C)C)c1nc(O)cs1. The van der Waals surface area contributed by atoms with E-state index in [9.17, 15) is 9.90 Å². The van der Waals surface area contributed by atoms with Crippen LogP contribution in [0.4, 0.5) is 0 Å². The van der Waals surface area contributed by atoms with E-state index in [1.807, 2.05) is 34.9 Å². The minimum Gasteiger partial charge on any atom is -0.493 e. The number of aromatic nitrogens is 1. The number of aromatic hydroxyl groups is 1. The van der Waals surface area contributed by atoms with Crippen LogP contribution in [0.3, 0.4) is 0 Å². The molecular weight excluding hydrogens is 236 g/mol. The molecule has 1 heterocycles. The summed E-state index contributed by atoms with van der Waals surface area (Å²) in [5, 5.41) is 11.3. The average molecular weight is 254 g/mol. The van der Waals surface area contributed by atoms with Crippen LogP contribution < -0.4 is 0 Å². The number of carbonyl (C=O) groups excluding carboxylic acids is 1. The molecule has 0 bridgehead atoms. The first-order valence-electron chi connectivity index (χ1n) is 5.29. The molecule has 0 aromatic carbocycles. The number of ketones is 1. The Morgan fingerprint density at radius 1 is 1.47 bits per heavy atom. The van der Waals surface area contributed by atoms with Gasteiger partial charge in [-0.2, -0.15) is 0 Å². The topological polar surface area (TPSA) is 53.4 Å². The molecule has 94 valence electrons. The fourth-order valence-electron chi connectivity index (χ4n) is 1.26. The minimum absolute atomic E-state index is 0.0144. The van der Waals surface area contributed by atoms with Gasteiger partial charge >= 0.3 is 0 Å². The first kappa shape index (κ1) is 13.7. The van der Waals surface area contributed by atoms with Crippen molar-refractivity contribution in [3.63, 3.8) is 0 Å². The molecule has 0 radical (unpaired) electrons. The Morgan fingerprint density at radius 3 is 2.41 bits per heavy atom. The van der Waals surface area contributed by atoms with Crippen LogP contribution in [0.5, 0.6) is 5.88 Å². The third kappa shape index (κ3) is 3.56. The second kappa shape index (κ2) is 4.87. The van der Waals surface area contributed by atoms with E-state index < -0.39 is 5.41 Å². The van der Waals surface area contributed by atoms with Crippen molar-refractivity contribution in [1.82, 2.24) is 9.88 Å². The monoisotopic (exact) mass is 254 g/mol. The maximum Gasteiger partial charge on any atom is 0.222 e. The van der Waals surface area contributed by atoms with Crippen molar-refractivity contribution in [1.29, 1.82) is 0 Å². The molecular formula is C12H18N2O2S. The molecule has 0 aliphatic heterocycles. The molecule has 0 aliphatic carbocycles. The van der Waals surface area contributed by atoms with Crippen LogP contribution in [0.2, 0.25) is 0 Å². The lowest BCUT2D eigenvalue weighted by Crippen LogP contribution is -2.22. The summed E-state index contributed by atoms with van der Waals surface area (Å²) in [7, 11) is 3.70. The quantitative estimate of drug-likeness (QED) is 0.841. The molecule has 0 unspecified atom stereocenters. The molecule has 1 rings (SSSR count). The minimum atomic E-state index is -0.469. The molecule has 0 fully saturated rings. The van der Waals surface area contributed by atoms with Gasteiger partial charge in [0.05, 0.1) is 11.0 Å². The lowest BCUT2D eigenvalue weighted by Gasteiger charge is -2.19. The summed E-state index contributed by atoms with van der Waals surface area (Å²) in [6, 6.07) is 0. The summed E-state index contributed by atoms with van der Waals surface area (Å²) < 4.78 is 0. The molecule has 0 spiro atoms. The van der Waals surface area contributed by atoms with Crippen molar-refractivity contribution in [2.24, 2.45) is 5.41 Å². The van der Waals surface area contributed by atoms with Crippen LogP contribution in [-0.4, -0.2) is 34.9 Å². The normalized spacial score (nSPS) is 12.6. The molecule has 1 aromatic heterocycles. The Kier molecular flexibility index (Phi) is 3.93. The van der Waals surface area contributed by atoms with Crippen LogP contribution in [0.1, 0.15) is 25.8 Å². The van der Waals surface area contributed by atoms with E-state index in [4.69, 9.17) is 0 Å². The van der Waals surface area contributed by atoms with Crippen LogP contribution >= 0.6 is 11.3 Å². The summed E-state index contributed by atoms with van der Waals surface area (Å²) in [6.45, 7) is 5.60. The van der Waals surface area contributed by atoms with Gasteiger partial charge in [-0.25, -0.2) is 4.98 Å². The predicted molar refractivity (Wildman–Crippen MR) is 69.9 cm³/mol. The zero-order valence-electron chi connectivity index (χ0n) is 10.8. The molecule has 4 nitrogen and oxygen atoms in total. The van der Waals surface area contributed by atoms with E-state index in [-0.39, 0.29) is 11.7 Å². The molecule has 0 saturated carbocycles. The largest absolute Gasteiger partial charge is 0.493 e. The summed E-state index contributed by atoms with van der Waals surface area (Å²) in [5.74, 6) is -0.0306. The third-order valence-corrected chi connectivity index (χ3v) is 2.90. The van der Waals surface area contributed by atoms with E-state index in [1.54, 1.807) is 11.1 Å². The van der Waals surface area contributed by atoms with Crippen LogP contribution in [0, 0.1) is 5.41 Å². The number of hydrogen-bond acceptors (Lipinski definition) is 5. The Balaban J connectivity index is 3.19. The number of nitrogens with zero attached hydrogens (tertiary/aromatic N) is 2. The van der Waals surface area contributed by atoms with Gasteiger partial charge in [0.1, 0.15) is 5.01 Å². The molecule has 0 amide bonds. The summed E-state index contributed by atoms with van der Waals surface area (Å²) in [4.78, 5) is 18.1. The van der Waals surface area contributed by atoms with Gasteiger partial charge in [-0.05, 0) is 0 Å². The standard InChI is InChI=1S/C12H18N2O2S/c1-12(2,3)10(16)8(6-14(4)5)11-13-9(15)7-17-11/h6-7,15H,1-5H3/b8-6-. The fraction of sp³-hybridized carbons (Fsp3) is 0.500. The summed E-state index contributed by atoms with van der Waals surface area (Å²) in [6.07, 6.45) is 1.74. The molecule has 17 heavy (non-hydrogen) atoms. The van der Waals surface area contributed by atoms with Gasteiger partial charge in [-0.15, -0.1) is 11.3 Å². The van der Waals surface area contributed by atoms with Crippen LogP contribution in [0.25, 0.3) is 5.57 Å². The van der Waals surface area contributed by atoms with E-state index in [2.05, 4.69) is 4.98 Å². The van der Waals surface area contributed by atoms with Crippen molar-refractivity contribution in [2.45, 2.75) is 20.8 Å². The highest BCUT2D eigenvalue weighted by molar-refractivity contribution is 7.11. The molecule has 0 saturated heterocycles. The van der Waals surface area contributed by atoms with Gasteiger partial charge in [0, 0.05) is 25.7 Å². The van der Waals surface area contributed by atoms with Crippen molar-refractivity contribution in [2.75, 3.05) is 14.1 Å². The first-order valence-corrected chi connectivity index (χ1v) is 6.17. The van der Waals surface area contributed by atoms with E-state index in [0.29, 0.717) is 10.6 Å². The lowest BCUT2D eigenvalue weighted by molar-refractivity contribution is -0.120. The molecule has 5 heteroatoms. The van der Waals surface area contributed by atoms with Gasteiger partial charge in [0.25, 0.3) is 0 Å². The zero-order chi connectivity index (χ0) is 13.2. The second-order valence-electron chi connectivity index (χ2n) is 5.10. The van der Waals surface area contributed by atoms with E-state index >= 15 is 0 Å². The number of carbonyl (C=O) groups is 1. The smallest absolute Gasteiger partial charge is 0.222 e. The zero-order valence-corrected chi connectivity index (χ0v) is 11.6. The Morgan fingerprint density at radius 2 is 2.06 bits per heavy atom. The van der Waals surface area contributed by atoms with E-state index in [1.165, 1.54) is 16.7 Å². The van der Waals surface area contributed by atoms with E-state index in [0.717, 1.165) is 0 Å². The molecule has 1 N–H and O–H groups in total. The Labute approximate surface area is 106 Å². The van der Waals surface area contributed by atoms with Gasteiger partial charge in [-0.3, -0.25) is 4.79 Å².